The Kier molecular flexibility index (Phi) is 8.26. The first-order valence-electron chi connectivity index (χ1n) is 8.16. The second kappa shape index (κ2) is 9.98. The van der Waals surface area contributed by atoms with Crippen LogP contribution in [0.3, 0.4) is 0 Å². The third-order valence-electron chi connectivity index (χ3n) is 3.87. The second-order valence-corrected chi connectivity index (χ2v) is 5.52. The Morgan fingerprint density at radius 1 is 1.14 bits per heavy atom. The number of unbranched alkanes of at least 4 members (excludes halogenated alkanes) is 2. The number of hydrogen-bond donors (Lipinski definition) is 1. The lowest BCUT2D eigenvalue weighted by molar-refractivity contribution is -0.150. The maximum atomic E-state index is 12.3. The van der Waals surface area contributed by atoms with Crippen LogP contribution in [-0.2, 0) is 16.0 Å². The molecular formula is C18H27NO3. The Balaban J connectivity index is 2.65. The van der Waals surface area contributed by atoms with Gasteiger partial charge in [-0.25, -0.2) is 4.79 Å². The monoisotopic (exact) mass is 305 g/mol. The maximum Gasteiger partial charge on any atom is 0.326 e. The molecular weight excluding hydrogens is 278 g/mol. The molecule has 0 spiro atoms. The summed E-state index contributed by atoms with van der Waals surface area (Å²) < 4.78 is 0. The van der Waals surface area contributed by atoms with Gasteiger partial charge >= 0.3 is 5.97 Å². The summed E-state index contributed by atoms with van der Waals surface area (Å²) in [6, 6.07) is 9.06. The molecule has 4 nitrogen and oxygen atoms in total. The van der Waals surface area contributed by atoms with Gasteiger partial charge in [-0.2, -0.15) is 0 Å². The Labute approximate surface area is 133 Å². The number of carbonyl (C=O) groups is 2. The number of benzene rings is 1. The van der Waals surface area contributed by atoms with Gasteiger partial charge in [0.05, 0.1) is 0 Å². The van der Waals surface area contributed by atoms with E-state index in [0.717, 1.165) is 24.8 Å². The summed E-state index contributed by atoms with van der Waals surface area (Å²) in [6.45, 7) is 4.37. The first kappa shape index (κ1) is 18.2. The molecule has 0 saturated heterocycles. The van der Waals surface area contributed by atoms with E-state index in [2.05, 4.69) is 6.92 Å². The van der Waals surface area contributed by atoms with E-state index in [1.165, 1.54) is 4.90 Å². The van der Waals surface area contributed by atoms with Crippen LogP contribution in [0.2, 0.25) is 0 Å². The SMILES string of the molecule is CCCCCC(=O)N(CC)[C@@H](CCc1ccccc1)C(=O)O. The molecule has 1 amide bonds. The van der Waals surface area contributed by atoms with E-state index in [0.29, 0.717) is 25.8 Å². The molecule has 0 saturated carbocycles. The van der Waals surface area contributed by atoms with Crippen LogP contribution in [0.4, 0.5) is 0 Å². The number of nitrogens with zero attached hydrogens (tertiary/aromatic N) is 1. The standard InChI is InChI=1S/C18H27NO3/c1-3-5-7-12-17(20)19(4-2)16(18(21)22)14-13-15-10-8-6-9-11-15/h6,8-11,16H,3-5,7,12-14H2,1-2H3,(H,21,22)/t16-/m0/s1. The molecule has 1 atom stereocenters. The van der Waals surface area contributed by atoms with E-state index < -0.39 is 12.0 Å². The summed E-state index contributed by atoms with van der Waals surface area (Å²) >= 11 is 0. The minimum Gasteiger partial charge on any atom is -0.480 e. The van der Waals surface area contributed by atoms with Crippen LogP contribution < -0.4 is 0 Å². The van der Waals surface area contributed by atoms with Crippen molar-refractivity contribution in [1.29, 1.82) is 0 Å². The summed E-state index contributed by atoms with van der Waals surface area (Å²) in [5.41, 5.74) is 1.10. The zero-order valence-corrected chi connectivity index (χ0v) is 13.6. The van der Waals surface area contributed by atoms with Crippen LogP contribution in [0.25, 0.3) is 0 Å². The molecule has 0 aliphatic rings. The van der Waals surface area contributed by atoms with Gasteiger partial charge in [0.15, 0.2) is 0 Å². The molecule has 0 bridgehead atoms. The highest BCUT2D eigenvalue weighted by Crippen LogP contribution is 2.13. The van der Waals surface area contributed by atoms with Crippen molar-refractivity contribution in [3.8, 4) is 0 Å². The van der Waals surface area contributed by atoms with Crippen molar-refractivity contribution in [3.63, 3.8) is 0 Å². The van der Waals surface area contributed by atoms with Gasteiger partial charge in [0.2, 0.25) is 5.91 Å². The summed E-state index contributed by atoms with van der Waals surface area (Å²) in [6.07, 6.45) is 4.44. The molecule has 0 unspecified atom stereocenters. The van der Waals surface area contributed by atoms with Crippen molar-refractivity contribution in [3.05, 3.63) is 35.9 Å². The highest BCUT2D eigenvalue weighted by atomic mass is 16.4. The Morgan fingerprint density at radius 3 is 2.36 bits per heavy atom. The van der Waals surface area contributed by atoms with Gasteiger partial charge in [0, 0.05) is 13.0 Å². The quantitative estimate of drug-likeness (QED) is 0.673. The number of carboxylic acids is 1. The predicted octanol–water partition coefficient (Wildman–Crippen LogP) is 3.50. The van der Waals surface area contributed by atoms with Crippen LogP contribution in [0.15, 0.2) is 30.3 Å². The summed E-state index contributed by atoms with van der Waals surface area (Å²) in [4.78, 5) is 25.3. The summed E-state index contributed by atoms with van der Waals surface area (Å²) in [7, 11) is 0. The van der Waals surface area contributed by atoms with Crippen LogP contribution in [0.5, 0.6) is 0 Å². The van der Waals surface area contributed by atoms with E-state index in [9.17, 15) is 14.7 Å². The fraction of sp³-hybridized carbons (Fsp3) is 0.556. The summed E-state index contributed by atoms with van der Waals surface area (Å²) in [5.74, 6) is -0.960. The molecule has 122 valence electrons. The predicted molar refractivity (Wildman–Crippen MR) is 87.7 cm³/mol. The number of rotatable bonds is 10. The van der Waals surface area contributed by atoms with E-state index in [1.54, 1.807) is 0 Å². The highest BCUT2D eigenvalue weighted by molar-refractivity contribution is 5.83. The topological polar surface area (TPSA) is 57.6 Å². The molecule has 0 aliphatic carbocycles. The highest BCUT2D eigenvalue weighted by Gasteiger charge is 2.27. The number of amides is 1. The van der Waals surface area contributed by atoms with Crippen molar-refractivity contribution in [2.24, 2.45) is 0 Å². The molecule has 1 aromatic carbocycles. The molecule has 0 heterocycles. The number of hydrogen-bond acceptors (Lipinski definition) is 2. The van der Waals surface area contributed by atoms with Gasteiger partial charge in [-0.15, -0.1) is 0 Å². The van der Waals surface area contributed by atoms with Gasteiger partial charge in [-0.1, -0.05) is 50.1 Å². The Bertz CT molecular complexity index is 459. The first-order valence-corrected chi connectivity index (χ1v) is 8.16. The van der Waals surface area contributed by atoms with Crippen molar-refractivity contribution < 1.29 is 14.7 Å². The first-order chi connectivity index (χ1) is 10.6. The van der Waals surface area contributed by atoms with Crippen LogP contribution >= 0.6 is 0 Å². The zero-order valence-electron chi connectivity index (χ0n) is 13.6. The lowest BCUT2D eigenvalue weighted by Gasteiger charge is -2.28. The molecule has 0 radical (unpaired) electrons. The lowest BCUT2D eigenvalue weighted by atomic mass is 10.0. The van der Waals surface area contributed by atoms with Gasteiger partial charge in [0.25, 0.3) is 0 Å². The third kappa shape index (κ3) is 5.88. The van der Waals surface area contributed by atoms with Gasteiger partial charge in [-0.05, 0) is 31.7 Å². The van der Waals surface area contributed by atoms with Gasteiger partial charge in [0.1, 0.15) is 6.04 Å². The average Bonchev–Trinajstić information content (AvgIpc) is 2.52. The van der Waals surface area contributed by atoms with Crippen LogP contribution in [0.1, 0.15) is 51.5 Å². The van der Waals surface area contributed by atoms with E-state index in [4.69, 9.17) is 0 Å². The van der Waals surface area contributed by atoms with Crippen molar-refractivity contribution in [1.82, 2.24) is 4.90 Å². The van der Waals surface area contributed by atoms with E-state index in [1.807, 2.05) is 37.3 Å². The molecule has 0 fully saturated rings. The van der Waals surface area contributed by atoms with E-state index >= 15 is 0 Å². The zero-order chi connectivity index (χ0) is 16.4. The van der Waals surface area contributed by atoms with Crippen molar-refractivity contribution >= 4 is 11.9 Å². The molecule has 1 rings (SSSR count). The van der Waals surface area contributed by atoms with Crippen molar-refractivity contribution in [2.75, 3.05) is 6.54 Å². The number of carbonyl (C=O) groups excluding carboxylic acids is 1. The number of likely N-dealkylation sites (N-methyl/N-ethyl adjacent to an activating group) is 1. The molecule has 0 aliphatic heterocycles. The normalized spacial score (nSPS) is 11.9. The summed E-state index contributed by atoms with van der Waals surface area (Å²) in [5, 5.41) is 9.48. The second-order valence-electron chi connectivity index (χ2n) is 5.52. The maximum absolute atomic E-state index is 12.3. The van der Waals surface area contributed by atoms with Gasteiger partial charge < -0.3 is 10.0 Å². The Morgan fingerprint density at radius 2 is 1.82 bits per heavy atom. The minimum atomic E-state index is -0.915. The molecule has 1 aromatic rings. The number of carboxylic acid groups (broad SMARTS) is 1. The van der Waals surface area contributed by atoms with Crippen LogP contribution in [0, 0.1) is 0 Å². The van der Waals surface area contributed by atoms with E-state index in [-0.39, 0.29) is 5.91 Å². The Hall–Kier alpha value is -1.84. The third-order valence-corrected chi connectivity index (χ3v) is 3.87. The largest absolute Gasteiger partial charge is 0.480 e. The fourth-order valence-corrected chi connectivity index (χ4v) is 2.60. The lowest BCUT2D eigenvalue weighted by Crippen LogP contribution is -2.45. The molecule has 0 aromatic heterocycles. The van der Waals surface area contributed by atoms with Gasteiger partial charge in [-0.3, -0.25) is 4.79 Å². The van der Waals surface area contributed by atoms with Crippen LogP contribution in [-0.4, -0.2) is 34.5 Å². The molecule has 22 heavy (non-hydrogen) atoms. The number of aryl methyl sites for hydroxylation is 1. The molecule has 1 N–H and O–H groups in total. The molecule has 4 heteroatoms. The number of aliphatic carboxylic acids is 1. The van der Waals surface area contributed by atoms with Crippen molar-refractivity contribution in [2.45, 2.75) is 58.4 Å². The minimum absolute atomic E-state index is 0.0450. The fourth-order valence-electron chi connectivity index (χ4n) is 2.60. The smallest absolute Gasteiger partial charge is 0.326 e. The average molecular weight is 305 g/mol.